The predicted molar refractivity (Wildman–Crippen MR) is 138 cm³/mol. The standard InChI is InChI=1S/C27H20ClFN4O5/c28-18-3-1-2-16(8-18)14-37-25-5-4-19(9-22(25)29)32-27-17(12-30)13-31-23-11-26(38-20-6-7-36-15-20)24(33(34)35)10-21(23)27/h1-5,8-11,13,20H,6-7,14-15H2,(H,31,32). The first-order chi connectivity index (χ1) is 18.4. The number of anilines is 2. The molecule has 192 valence electrons. The SMILES string of the molecule is N#Cc1cnc2cc(OC3CCOC3)c([N+](=O)[O-])cc2c1Nc1ccc(OCc2cccc(Cl)c2)c(F)c1. The largest absolute Gasteiger partial charge is 0.486 e. The molecule has 0 aliphatic carbocycles. The van der Waals surface area contributed by atoms with E-state index in [1.165, 1.54) is 30.5 Å². The molecule has 38 heavy (non-hydrogen) atoms. The van der Waals surface area contributed by atoms with E-state index in [2.05, 4.69) is 10.3 Å². The van der Waals surface area contributed by atoms with Crippen LogP contribution in [0.2, 0.25) is 5.02 Å². The second-order valence-electron chi connectivity index (χ2n) is 8.55. The zero-order valence-electron chi connectivity index (χ0n) is 19.8. The van der Waals surface area contributed by atoms with Gasteiger partial charge in [-0.2, -0.15) is 5.26 Å². The Morgan fingerprint density at radius 2 is 2.11 bits per heavy atom. The van der Waals surface area contributed by atoms with Gasteiger partial charge in [0.05, 0.1) is 34.9 Å². The van der Waals surface area contributed by atoms with Crippen LogP contribution in [0.1, 0.15) is 17.5 Å². The minimum absolute atomic E-state index is 0.0314. The third-order valence-corrected chi connectivity index (χ3v) is 6.17. The van der Waals surface area contributed by atoms with Gasteiger partial charge in [-0.25, -0.2) is 4.39 Å². The Morgan fingerprint density at radius 1 is 1.24 bits per heavy atom. The molecule has 5 rings (SSSR count). The van der Waals surface area contributed by atoms with Crippen LogP contribution in [0.3, 0.4) is 0 Å². The van der Waals surface area contributed by atoms with Gasteiger partial charge >= 0.3 is 5.69 Å². The third-order valence-electron chi connectivity index (χ3n) is 5.93. The van der Waals surface area contributed by atoms with E-state index in [1.807, 2.05) is 12.1 Å². The van der Waals surface area contributed by atoms with E-state index in [0.717, 1.165) is 5.56 Å². The summed E-state index contributed by atoms with van der Waals surface area (Å²) in [5.74, 6) is -0.535. The third kappa shape index (κ3) is 5.44. The predicted octanol–water partition coefficient (Wildman–Crippen LogP) is 6.30. The molecule has 1 N–H and O–H groups in total. The number of nitriles is 1. The quantitative estimate of drug-likeness (QED) is 0.207. The second kappa shape index (κ2) is 10.9. The molecule has 0 amide bonds. The van der Waals surface area contributed by atoms with E-state index in [0.29, 0.717) is 41.2 Å². The van der Waals surface area contributed by atoms with Crippen LogP contribution in [0.4, 0.5) is 21.5 Å². The molecule has 0 saturated carbocycles. The van der Waals surface area contributed by atoms with Crippen molar-refractivity contribution in [3.05, 3.63) is 92.9 Å². The number of rotatable bonds is 8. The fourth-order valence-corrected chi connectivity index (χ4v) is 4.29. The summed E-state index contributed by atoms with van der Waals surface area (Å²) < 4.78 is 31.6. The van der Waals surface area contributed by atoms with Crippen LogP contribution in [0, 0.1) is 27.3 Å². The number of benzene rings is 3. The highest BCUT2D eigenvalue weighted by molar-refractivity contribution is 6.30. The van der Waals surface area contributed by atoms with Gasteiger partial charge in [-0.1, -0.05) is 23.7 Å². The number of hydrogen-bond donors (Lipinski definition) is 1. The summed E-state index contributed by atoms with van der Waals surface area (Å²) in [6, 6.07) is 16.1. The molecule has 9 nitrogen and oxygen atoms in total. The highest BCUT2D eigenvalue weighted by atomic mass is 35.5. The van der Waals surface area contributed by atoms with Gasteiger partial charge in [-0.15, -0.1) is 0 Å². The molecule has 3 aromatic carbocycles. The van der Waals surface area contributed by atoms with Crippen molar-refractivity contribution in [1.82, 2.24) is 4.98 Å². The van der Waals surface area contributed by atoms with Crippen LogP contribution in [0.25, 0.3) is 10.9 Å². The number of fused-ring (bicyclic) bond motifs is 1. The molecule has 0 spiro atoms. The first-order valence-electron chi connectivity index (χ1n) is 11.6. The molecule has 2 heterocycles. The van der Waals surface area contributed by atoms with Gasteiger partial charge in [0.2, 0.25) is 0 Å². The highest BCUT2D eigenvalue weighted by Gasteiger charge is 2.25. The summed E-state index contributed by atoms with van der Waals surface area (Å²) >= 11 is 5.98. The molecule has 1 atom stereocenters. The number of aromatic nitrogens is 1. The first kappa shape index (κ1) is 25.2. The number of nitro benzene ring substituents is 1. The van der Waals surface area contributed by atoms with Gasteiger partial charge in [-0.3, -0.25) is 15.1 Å². The van der Waals surface area contributed by atoms with E-state index in [-0.39, 0.29) is 41.1 Å². The molecule has 11 heteroatoms. The summed E-state index contributed by atoms with van der Waals surface area (Å²) in [6.45, 7) is 0.983. The smallest absolute Gasteiger partial charge is 0.311 e. The normalized spacial score (nSPS) is 14.7. The van der Waals surface area contributed by atoms with Crippen molar-refractivity contribution in [2.75, 3.05) is 18.5 Å². The Bertz CT molecular complexity index is 1570. The van der Waals surface area contributed by atoms with Crippen molar-refractivity contribution >= 4 is 39.6 Å². The molecule has 0 radical (unpaired) electrons. The van der Waals surface area contributed by atoms with Crippen molar-refractivity contribution in [3.63, 3.8) is 0 Å². The zero-order valence-corrected chi connectivity index (χ0v) is 20.6. The van der Waals surface area contributed by atoms with E-state index in [9.17, 15) is 19.8 Å². The number of hydrogen-bond acceptors (Lipinski definition) is 8. The van der Waals surface area contributed by atoms with E-state index in [4.69, 9.17) is 25.8 Å². The van der Waals surface area contributed by atoms with Crippen LogP contribution >= 0.6 is 11.6 Å². The lowest BCUT2D eigenvalue weighted by atomic mass is 10.1. The zero-order chi connectivity index (χ0) is 26.6. The fraction of sp³-hybridized carbons (Fsp3) is 0.185. The monoisotopic (exact) mass is 534 g/mol. The summed E-state index contributed by atoms with van der Waals surface area (Å²) in [5, 5.41) is 25.4. The number of ether oxygens (including phenoxy) is 3. The van der Waals surface area contributed by atoms with Gasteiger partial charge in [0.1, 0.15) is 18.8 Å². The van der Waals surface area contributed by atoms with Gasteiger partial charge in [0, 0.05) is 46.9 Å². The summed E-state index contributed by atoms with van der Waals surface area (Å²) in [4.78, 5) is 15.6. The average molecular weight is 535 g/mol. The van der Waals surface area contributed by atoms with E-state index in [1.54, 1.807) is 24.3 Å². The lowest BCUT2D eigenvalue weighted by Crippen LogP contribution is -2.16. The molecule has 1 saturated heterocycles. The van der Waals surface area contributed by atoms with Crippen molar-refractivity contribution < 1.29 is 23.5 Å². The van der Waals surface area contributed by atoms with Crippen LogP contribution in [-0.2, 0) is 11.3 Å². The summed E-state index contributed by atoms with van der Waals surface area (Å²) in [6.07, 6.45) is 1.66. The maximum Gasteiger partial charge on any atom is 0.311 e. The van der Waals surface area contributed by atoms with Gasteiger partial charge in [-0.05, 0) is 29.8 Å². The molecule has 1 aliphatic heterocycles. The molecule has 4 aromatic rings. The van der Waals surface area contributed by atoms with Crippen molar-refractivity contribution in [2.24, 2.45) is 0 Å². The number of nitrogens with zero attached hydrogens (tertiary/aromatic N) is 3. The topological polar surface area (TPSA) is 120 Å². The molecule has 1 unspecified atom stereocenters. The maximum atomic E-state index is 14.9. The maximum absolute atomic E-state index is 14.9. The number of nitro groups is 1. The van der Waals surface area contributed by atoms with Crippen molar-refractivity contribution in [2.45, 2.75) is 19.1 Å². The molecule has 1 fully saturated rings. The van der Waals surface area contributed by atoms with E-state index < -0.39 is 10.7 Å². The number of halogens is 2. The number of nitrogens with one attached hydrogen (secondary N) is 1. The van der Waals surface area contributed by atoms with Crippen molar-refractivity contribution in [1.29, 1.82) is 5.26 Å². The highest BCUT2D eigenvalue weighted by Crippen LogP contribution is 2.38. The Balaban J connectivity index is 1.45. The first-order valence-corrected chi connectivity index (χ1v) is 12.0. The van der Waals surface area contributed by atoms with Crippen LogP contribution < -0.4 is 14.8 Å². The van der Waals surface area contributed by atoms with Gasteiger partial charge in [0.15, 0.2) is 17.3 Å². The molecule has 1 aromatic heterocycles. The Kier molecular flexibility index (Phi) is 7.22. The summed E-state index contributed by atoms with van der Waals surface area (Å²) in [5.41, 5.74) is 1.57. The Labute approximate surface area is 221 Å². The average Bonchev–Trinajstić information content (AvgIpc) is 3.41. The minimum atomic E-state index is -0.630. The lowest BCUT2D eigenvalue weighted by molar-refractivity contribution is -0.385. The Hall–Kier alpha value is -4.46. The van der Waals surface area contributed by atoms with Crippen LogP contribution in [0.15, 0.2) is 60.8 Å². The second-order valence-corrected chi connectivity index (χ2v) is 8.98. The van der Waals surface area contributed by atoms with Crippen LogP contribution in [-0.4, -0.2) is 29.2 Å². The Morgan fingerprint density at radius 3 is 2.82 bits per heavy atom. The van der Waals surface area contributed by atoms with Gasteiger partial charge < -0.3 is 19.5 Å². The van der Waals surface area contributed by atoms with Crippen LogP contribution in [0.5, 0.6) is 11.5 Å². The summed E-state index contributed by atoms with van der Waals surface area (Å²) in [7, 11) is 0. The lowest BCUT2D eigenvalue weighted by Gasteiger charge is -2.15. The molecule has 1 aliphatic rings. The molecule has 0 bridgehead atoms. The van der Waals surface area contributed by atoms with E-state index >= 15 is 0 Å². The molecular weight excluding hydrogens is 515 g/mol. The van der Waals surface area contributed by atoms with Crippen molar-refractivity contribution in [3.8, 4) is 17.6 Å². The molecular formula is C27H20ClFN4O5. The number of pyridine rings is 1. The fourth-order valence-electron chi connectivity index (χ4n) is 4.08. The van der Waals surface area contributed by atoms with Gasteiger partial charge in [0.25, 0.3) is 0 Å². The minimum Gasteiger partial charge on any atom is -0.486 e.